The van der Waals surface area contributed by atoms with Gasteiger partial charge in [0.05, 0.1) is 6.21 Å². The summed E-state index contributed by atoms with van der Waals surface area (Å²) >= 11 is 17.1. The van der Waals surface area contributed by atoms with Crippen molar-refractivity contribution in [2.75, 3.05) is 0 Å². The van der Waals surface area contributed by atoms with Gasteiger partial charge in [-0.15, -0.1) is 0 Å². The molecule has 22 heavy (non-hydrogen) atoms. The Kier molecular flexibility index (Phi) is 4.38. The van der Waals surface area contributed by atoms with Crippen molar-refractivity contribution >= 4 is 41.6 Å². The number of H-pyrrole nitrogens is 1. The summed E-state index contributed by atoms with van der Waals surface area (Å²) in [6, 6.07) is 14.7. The summed E-state index contributed by atoms with van der Waals surface area (Å²) in [6.45, 7) is 0. The summed E-state index contributed by atoms with van der Waals surface area (Å²) in [5.74, 6) is 0.595. The van der Waals surface area contributed by atoms with Crippen LogP contribution in [0.4, 0.5) is 0 Å². The second kappa shape index (κ2) is 6.44. The molecule has 0 atom stereocenters. The number of aromatic amines is 1. The number of halogens is 2. The largest absolute Gasteiger partial charge is 0.250 e. The van der Waals surface area contributed by atoms with Gasteiger partial charge in [0, 0.05) is 15.6 Å². The molecule has 4 nitrogen and oxygen atoms in total. The third-order valence-corrected chi connectivity index (χ3v) is 3.68. The normalized spacial score (nSPS) is 11.2. The molecular weight excluding hydrogens is 339 g/mol. The van der Waals surface area contributed by atoms with Crippen molar-refractivity contribution in [2.45, 2.75) is 0 Å². The lowest BCUT2D eigenvalue weighted by atomic mass is 10.2. The van der Waals surface area contributed by atoms with Gasteiger partial charge in [-0.25, -0.2) is 5.10 Å². The molecule has 0 amide bonds. The Morgan fingerprint density at radius 2 is 1.86 bits per heavy atom. The number of aromatic nitrogens is 3. The minimum atomic E-state index is 0.403. The first-order chi connectivity index (χ1) is 10.6. The zero-order chi connectivity index (χ0) is 15.5. The van der Waals surface area contributed by atoms with Gasteiger partial charge in [0.1, 0.15) is 0 Å². The molecule has 0 spiro atoms. The van der Waals surface area contributed by atoms with E-state index >= 15 is 0 Å². The fourth-order valence-electron chi connectivity index (χ4n) is 1.89. The van der Waals surface area contributed by atoms with E-state index in [0.29, 0.717) is 20.6 Å². The number of nitrogens with zero attached hydrogens (tertiary/aromatic N) is 3. The Morgan fingerprint density at radius 3 is 2.59 bits per heavy atom. The molecule has 0 unspecified atom stereocenters. The minimum Gasteiger partial charge on any atom is -0.250 e. The van der Waals surface area contributed by atoms with Crippen LogP contribution in [0.15, 0.2) is 53.6 Å². The zero-order valence-corrected chi connectivity index (χ0v) is 13.5. The average Bonchev–Trinajstić information content (AvgIpc) is 2.88. The molecule has 7 heteroatoms. The molecule has 110 valence electrons. The number of benzene rings is 2. The van der Waals surface area contributed by atoms with Gasteiger partial charge in [-0.2, -0.15) is 14.9 Å². The smallest absolute Gasteiger partial charge is 0.216 e. The molecular formula is C15H10Cl2N4S. The summed E-state index contributed by atoms with van der Waals surface area (Å²) in [7, 11) is 0. The Hall–Kier alpha value is -1.95. The van der Waals surface area contributed by atoms with Crippen molar-refractivity contribution in [2.24, 2.45) is 5.10 Å². The molecule has 3 aromatic rings. The van der Waals surface area contributed by atoms with Gasteiger partial charge in [0.2, 0.25) is 4.77 Å². The standard InChI is InChI=1S/C15H10Cl2N4S/c16-12-6-4-10(5-7-12)9-18-21-14(19-20-15(21)22)11-2-1-3-13(17)8-11/h1-9H,(H,20,22)/b18-9-. The molecule has 0 aliphatic heterocycles. The quantitative estimate of drug-likeness (QED) is 0.545. The molecule has 0 aliphatic rings. The van der Waals surface area contributed by atoms with Gasteiger partial charge < -0.3 is 0 Å². The molecule has 0 saturated carbocycles. The molecule has 0 aliphatic carbocycles. The molecule has 3 rings (SSSR count). The highest BCUT2D eigenvalue weighted by atomic mass is 35.5. The van der Waals surface area contributed by atoms with Crippen molar-refractivity contribution in [1.82, 2.24) is 14.9 Å². The lowest BCUT2D eigenvalue weighted by molar-refractivity contribution is 0.871. The highest BCUT2D eigenvalue weighted by Gasteiger charge is 2.08. The van der Waals surface area contributed by atoms with Crippen molar-refractivity contribution in [3.05, 3.63) is 68.9 Å². The highest BCUT2D eigenvalue weighted by molar-refractivity contribution is 7.71. The number of rotatable bonds is 3. The second-order valence-corrected chi connectivity index (χ2v) is 5.73. The number of hydrogen-bond acceptors (Lipinski definition) is 3. The monoisotopic (exact) mass is 348 g/mol. The van der Waals surface area contributed by atoms with Crippen LogP contribution in [0, 0.1) is 4.77 Å². The van der Waals surface area contributed by atoms with Gasteiger partial charge >= 0.3 is 0 Å². The highest BCUT2D eigenvalue weighted by Crippen LogP contribution is 2.21. The van der Waals surface area contributed by atoms with Crippen LogP contribution < -0.4 is 0 Å². The summed E-state index contributed by atoms with van der Waals surface area (Å²) < 4.78 is 1.95. The predicted octanol–water partition coefficient (Wildman–Crippen LogP) is 4.80. The maximum absolute atomic E-state index is 6.02. The van der Waals surface area contributed by atoms with Gasteiger partial charge in [-0.3, -0.25) is 0 Å². The van der Waals surface area contributed by atoms with Crippen LogP contribution in [0.2, 0.25) is 10.0 Å². The maximum Gasteiger partial charge on any atom is 0.216 e. The van der Waals surface area contributed by atoms with Crippen LogP contribution in [-0.2, 0) is 0 Å². The summed E-state index contributed by atoms with van der Waals surface area (Å²) in [6.07, 6.45) is 1.69. The van der Waals surface area contributed by atoms with E-state index in [2.05, 4.69) is 15.3 Å². The first kappa shape index (κ1) is 15.0. The van der Waals surface area contributed by atoms with Gasteiger partial charge in [0.15, 0.2) is 5.82 Å². The van der Waals surface area contributed by atoms with Crippen molar-refractivity contribution in [3.8, 4) is 11.4 Å². The molecule has 1 heterocycles. The van der Waals surface area contributed by atoms with E-state index in [1.54, 1.807) is 35.2 Å². The molecule has 0 radical (unpaired) electrons. The maximum atomic E-state index is 6.02. The van der Waals surface area contributed by atoms with Crippen LogP contribution >= 0.6 is 35.4 Å². The molecule has 1 N–H and O–H groups in total. The summed E-state index contributed by atoms with van der Waals surface area (Å²) in [5, 5.41) is 12.6. The van der Waals surface area contributed by atoms with Crippen LogP contribution in [0.25, 0.3) is 11.4 Å². The molecule has 0 fully saturated rings. The summed E-state index contributed by atoms with van der Waals surface area (Å²) in [4.78, 5) is 0. The van der Waals surface area contributed by atoms with Crippen LogP contribution in [-0.4, -0.2) is 21.1 Å². The topological polar surface area (TPSA) is 46.0 Å². The van der Waals surface area contributed by atoms with Gasteiger partial charge in [-0.1, -0.05) is 47.5 Å². The molecule has 2 aromatic carbocycles. The molecule has 0 saturated heterocycles. The predicted molar refractivity (Wildman–Crippen MR) is 92.3 cm³/mol. The van der Waals surface area contributed by atoms with Gasteiger partial charge in [0.25, 0.3) is 0 Å². The SMILES string of the molecule is S=c1[nH]nc(-c2cccc(Cl)c2)n1/N=C\c1ccc(Cl)cc1. The van der Waals surface area contributed by atoms with E-state index in [1.165, 1.54) is 0 Å². The third kappa shape index (κ3) is 3.27. The van der Waals surface area contributed by atoms with E-state index < -0.39 is 0 Å². The van der Waals surface area contributed by atoms with E-state index in [-0.39, 0.29) is 0 Å². The van der Waals surface area contributed by atoms with Crippen molar-refractivity contribution in [1.29, 1.82) is 0 Å². The van der Waals surface area contributed by atoms with Gasteiger partial charge in [-0.05, 0) is 42.0 Å². The Balaban J connectivity index is 1.99. The fraction of sp³-hybridized carbons (Fsp3) is 0. The minimum absolute atomic E-state index is 0.403. The van der Waals surface area contributed by atoms with Crippen molar-refractivity contribution < 1.29 is 0 Å². The Bertz CT molecular complexity index is 881. The van der Waals surface area contributed by atoms with Crippen LogP contribution in [0.5, 0.6) is 0 Å². The van der Waals surface area contributed by atoms with E-state index in [1.807, 2.05) is 24.3 Å². The summed E-state index contributed by atoms with van der Waals surface area (Å²) in [5.41, 5.74) is 1.73. The van der Waals surface area contributed by atoms with E-state index in [0.717, 1.165) is 11.1 Å². The Morgan fingerprint density at radius 1 is 1.09 bits per heavy atom. The number of hydrogen-bond donors (Lipinski definition) is 1. The average molecular weight is 349 g/mol. The zero-order valence-electron chi connectivity index (χ0n) is 11.2. The molecule has 0 bridgehead atoms. The molecule has 1 aromatic heterocycles. The van der Waals surface area contributed by atoms with Crippen LogP contribution in [0.1, 0.15) is 5.56 Å². The second-order valence-electron chi connectivity index (χ2n) is 4.47. The Labute approximate surface area is 142 Å². The van der Waals surface area contributed by atoms with Crippen LogP contribution in [0.3, 0.4) is 0 Å². The first-order valence-electron chi connectivity index (χ1n) is 6.37. The van der Waals surface area contributed by atoms with E-state index in [9.17, 15) is 0 Å². The lowest BCUT2D eigenvalue weighted by Gasteiger charge is -2.01. The van der Waals surface area contributed by atoms with Crippen molar-refractivity contribution in [3.63, 3.8) is 0 Å². The lowest BCUT2D eigenvalue weighted by Crippen LogP contribution is -1.95. The van der Waals surface area contributed by atoms with E-state index in [4.69, 9.17) is 35.4 Å². The first-order valence-corrected chi connectivity index (χ1v) is 7.53. The third-order valence-electron chi connectivity index (χ3n) is 2.93. The number of nitrogens with one attached hydrogen (secondary N) is 1. The fourth-order valence-corrected chi connectivity index (χ4v) is 2.38.